The van der Waals surface area contributed by atoms with Gasteiger partial charge in [-0.15, -0.1) is 0 Å². The van der Waals surface area contributed by atoms with Gasteiger partial charge in [0.1, 0.15) is 5.60 Å². The summed E-state index contributed by atoms with van der Waals surface area (Å²) < 4.78 is 10.7. The molecular formula is C16H30N2O3. The lowest BCUT2D eigenvalue weighted by molar-refractivity contribution is 0.0488. The molecular weight excluding hydrogens is 268 g/mol. The first-order chi connectivity index (χ1) is 9.92. The molecule has 122 valence electrons. The van der Waals surface area contributed by atoms with Crippen molar-refractivity contribution in [3.63, 3.8) is 0 Å². The van der Waals surface area contributed by atoms with Crippen LogP contribution >= 0.6 is 0 Å². The third kappa shape index (κ3) is 6.22. The van der Waals surface area contributed by atoms with Crippen LogP contribution in [-0.2, 0) is 9.47 Å². The minimum absolute atomic E-state index is 0.228. The van der Waals surface area contributed by atoms with Crippen molar-refractivity contribution in [1.29, 1.82) is 0 Å². The van der Waals surface area contributed by atoms with Gasteiger partial charge in [-0.25, -0.2) is 4.79 Å². The Morgan fingerprint density at radius 3 is 2.67 bits per heavy atom. The molecule has 0 bridgehead atoms. The molecule has 0 aromatic rings. The fourth-order valence-electron chi connectivity index (χ4n) is 3.06. The second-order valence-electron chi connectivity index (χ2n) is 7.34. The summed E-state index contributed by atoms with van der Waals surface area (Å²) in [7, 11) is 0. The number of hydrogen-bond donors (Lipinski definition) is 2. The van der Waals surface area contributed by atoms with Gasteiger partial charge in [0.15, 0.2) is 0 Å². The van der Waals surface area contributed by atoms with Crippen LogP contribution in [0.2, 0.25) is 0 Å². The second-order valence-corrected chi connectivity index (χ2v) is 7.34. The Kier molecular flexibility index (Phi) is 5.88. The Labute approximate surface area is 128 Å². The van der Waals surface area contributed by atoms with E-state index < -0.39 is 5.60 Å². The van der Waals surface area contributed by atoms with Gasteiger partial charge in [0.05, 0.1) is 6.61 Å². The van der Waals surface area contributed by atoms with Crippen molar-refractivity contribution in [3.8, 4) is 0 Å². The molecule has 1 saturated carbocycles. The number of hydrogen-bond acceptors (Lipinski definition) is 4. The average molecular weight is 298 g/mol. The standard InChI is InChI=1S/C16H30N2O3/c1-16(2,3)21-15(19)18-14-6-4-5-13(9-14)17-10-12-7-8-20-11-12/h12-14,17H,4-11H2,1-3H3,(H,18,19). The molecule has 0 aromatic carbocycles. The minimum atomic E-state index is -0.432. The first-order valence-electron chi connectivity index (χ1n) is 8.23. The van der Waals surface area contributed by atoms with Gasteiger partial charge >= 0.3 is 6.09 Å². The number of alkyl carbamates (subject to hydrolysis) is 1. The fraction of sp³-hybridized carbons (Fsp3) is 0.938. The minimum Gasteiger partial charge on any atom is -0.444 e. The predicted molar refractivity (Wildman–Crippen MR) is 82.3 cm³/mol. The smallest absolute Gasteiger partial charge is 0.407 e. The van der Waals surface area contributed by atoms with Gasteiger partial charge in [-0.3, -0.25) is 0 Å². The molecule has 3 atom stereocenters. The quantitative estimate of drug-likeness (QED) is 0.837. The van der Waals surface area contributed by atoms with Gasteiger partial charge in [0.2, 0.25) is 0 Å². The van der Waals surface area contributed by atoms with E-state index in [-0.39, 0.29) is 12.1 Å². The van der Waals surface area contributed by atoms with Crippen LogP contribution in [0.1, 0.15) is 52.9 Å². The summed E-state index contributed by atoms with van der Waals surface area (Å²) >= 11 is 0. The maximum absolute atomic E-state index is 11.8. The fourth-order valence-corrected chi connectivity index (χ4v) is 3.06. The van der Waals surface area contributed by atoms with Gasteiger partial charge in [0, 0.05) is 25.2 Å². The van der Waals surface area contributed by atoms with Crippen molar-refractivity contribution in [1.82, 2.24) is 10.6 Å². The highest BCUT2D eigenvalue weighted by Gasteiger charge is 2.26. The maximum atomic E-state index is 11.8. The molecule has 1 heterocycles. The Morgan fingerprint density at radius 1 is 1.24 bits per heavy atom. The van der Waals surface area contributed by atoms with E-state index in [0.717, 1.165) is 39.0 Å². The molecule has 2 aliphatic rings. The summed E-state index contributed by atoms with van der Waals surface area (Å²) in [5.74, 6) is 0.657. The Hall–Kier alpha value is -0.810. The van der Waals surface area contributed by atoms with E-state index in [0.29, 0.717) is 12.0 Å². The molecule has 2 N–H and O–H groups in total. The summed E-state index contributed by atoms with van der Waals surface area (Å²) in [5.41, 5.74) is -0.432. The van der Waals surface area contributed by atoms with Crippen LogP contribution < -0.4 is 10.6 Å². The molecule has 2 rings (SSSR count). The molecule has 1 amide bonds. The molecule has 5 heteroatoms. The van der Waals surface area contributed by atoms with E-state index in [1.807, 2.05) is 20.8 Å². The van der Waals surface area contributed by atoms with Crippen LogP contribution in [0.15, 0.2) is 0 Å². The van der Waals surface area contributed by atoms with Crippen molar-refractivity contribution in [3.05, 3.63) is 0 Å². The van der Waals surface area contributed by atoms with Crippen molar-refractivity contribution in [2.75, 3.05) is 19.8 Å². The molecule has 21 heavy (non-hydrogen) atoms. The van der Waals surface area contributed by atoms with Crippen LogP contribution in [0.25, 0.3) is 0 Å². The number of nitrogens with one attached hydrogen (secondary N) is 2. The van der Waals surface area contributed by atoms with Crippen LogP contribution in [-0.4, -0.2) is 43.5 Å². The van der Waals surface area contributed by atoms with Crippen LogP contribution in [0.4, 0.5) is 4.79 Å². The molecule has 1 saturated heterocycles. The lowest BCUT2D eigenvalue weighted by Crippen LogP contribution is -2.46. The third-order valence-corrected chi connectivity index (χ3v) is 4.11. The Balaban J connectivity index is 1.68. The zero-order chi connectivity index (χ0) is 15.3. The lowest BCUT2D eigenvalue weighted by atomic mass is 9.90. The number of carbonyl (C=O) groups is 1. The van der Waals surface area contributed by atoms with Crippen molar-refractivity contribution in [2.45, 2.75) is 70.6 Å². The lowest BCUT2D eigenvalue weighted by Gasteiger charge is -2.31. The highest BCUT2D eigenvalue weighted by molar-refractivity contribution is 5.68. The van der Waals surface area contributed by atoms with Gasteiger partial charge in [-0.1, -0.05) is 0 Å². The van der Waals surface area contributed by atoms with Crippen molar-refractivity contribution >= 4 is 6.09 Å². The number of ether oxygens (including phenoxy) is 2. The van der Waals surface area contributed by atoms with Gasteiger partial charge in [-0.2, -0.15) is 0 Å². The van der Waals surface area contributed by atoms with E-state index in [2.05, 4.69) is 10.6 Å². The van der Waals surface area contributed by atoms with Crippen molar-refractivity contribution in [2.24, 2.45) is 5.92 Å². The van der Waals surface area contributed by atoms with E-state index >= 15 is 0 Å². The summed E-state index contributed by atoms with van der Waals surface area (Å²) in [4.78, 5) is 11.8. The summed E-state index contributed by atoms with van der Waals surface area (Å²) in [6.45, 7) is 8.49. The van der Waals surface area contributed by atoms with E-state index in [1.54, 1.807) is 0 Å². The zero-order valence-corrected chi connectivity index (χ0v) is 13.6. The van der Waals surface area contributed by atoms with Gasteiger partial charge < -0.3 is 20.1 Å². The van der Waals surface area contributed by atoms with E-state index in [9.17, 15) is 4.79 Å². The first-order valence-corrected chi connectivity index (χ1v) is 8.23. The first kappa shape index (κ1) is 16.6. The molecule has 0 radical (unpaired) electrons. The molecule has 1 aliphatic heterocycles. The highest BCUT2D eigenvalue weighted by Crippen LogP contribution is 2.20. The average Bonchev–Trinajstić information content (AvgIpc) is 2.87. The normalized spacial score (nSPS) is 30.1. The maximum Gasteiger partial charge on any atom is 0.407 e. The molecule has 0 aromatic heterocycles. The monoisotopic (exact) mass is 298 g/mol. The largest absolute Gasteiger partial charge is 0.444 e. The third-order valence-electron chi connectivity index (χ3n) is 4.11. The zero-order valence-electron chi connectivity index (χ0n) is 13.6. The molecule has 2 fully saturated rings. The molecule has 5 nitrogen and oxygen atoms in total. The van der Waals surface area contributed by atoms with Crippen LogP contribution in [0, 0.1) is 5.92 Å². The molecule has 3 unspecified atom stereocenters. The van der Waals surface area contributed by atoms with E-state index in [4.69, 9.17) is 9.47 Å². The topological polar surface area (TPSA) is 59.6 Å². The number of carbonyl (C=O) groups excluding carboxylic acids is 1. The number of amides is 1. The molecule has 1 aliphatic carbocycles. The van der Waals surface area contributed by atoms with Crippen molar-refractivity contribution < 1.29 is 14.3 Å². The van der Waals surface area contributed by atoms with Crippen LogP contribution in [0.5, 0.6) is 0 Å². The summed E-state index contributed by atoms with van der Waals surface area (Å²) in [5, 5.41) is 6.65. The molecule has 0 spiro atoms. The van der Waals surface area contributed by atoms with Gasteiger partial charge in [0.25, 0.3) is 0 Å². The van der Waals surface area contributed by atoms with Crippen LogP contribution in [0.3, 0.4) is 0 Å². The predicted octanol–water partition coefficient (Wildman–Crippen LogP) is 2.45. The summed E-state index contributed by atoms with van der Waals surface area (Å²) in [6, 6.07) is 0.727. The van der Waals surface area contributed by atoms with Gasteiger partial charge in [-0.05, 0) is 58.8 Å². The second kappa shape index (κ2) is 7.45. The van der Waals surface area contributed by atoms with E-state index in [1.165, 1.54) is 12.8 Å². The Bertz CT molecular complexity index is 335. The summed E-state index contributed by atoms with van der Waals surface area (Å²) in [6.07, 6.45) is 5.26. The highest BCUT2D eigenvalue weighted by atomic mass is 16.6. The SMILES string of the molecule is CC(C)(C)OC(=O)NC1CCCC(NCC2CCOC2)C1. The number of rotatable bonds is 4. The Morgan fingerprint density at radius 2 is 2.00 bits per heavy atom.